The first-order valence-corrected chi connectivity index (χ1v) is 7.16. The zero-order chi connectivity index (χ0) is 14.2. The van der Waals surface area contributed by atoms with Gasteiger partial charge in [0.15, 0.2) is 0 Å². The summed E-state index contributed by atoms with van der Waals surface area (Å²) in [5, 5.41) is 4.85. The van der Waals surface area contributed by atoms with E-state index >= 15 is 0 Å². The second-order valence-corrected chi connectivity index (χ2v) is 6.73. The quantitative estimate of drug-likeness (QED) is 0.773. The summed E-state index contributed by atoms with van der Waals surface area (Å²) in [5.41, 5.74) is 0.966. The van der Waals surface area contributed by atoms with Gasteiger partial charge in [-0.1, -0.05) is 48.5 Å². The highest BCUT2D eigenvalue weighted by atomic mass is 35.5. The maximum atomic E-state index is 12.5. The fraction of sp³-hybridized carbons (Fsp3) is 0.308. The second kappa shape index (κ2) is 5.19. The maximum absolute atomic E-state index is 12.5. The molecule has 1 heterocycles. The Hall–Kier alpha value is -0.970. The smallest absolute Gasteiger partial charge is 0.206 e. The number of benzene rings is 1. The minimum Gasteiger partial charge on any atom is -0.288 e. The molecular weight excluding hydrogens is 303 g/mol. The van der Waals surface area contributed by atoms with Crippen molar-refractivity contribution < 1.29 is 4.79 Å². The number of halogens is 2. The highest BCUT2D eigenvalue weighted by Gasteiger charge is 2.27. The van der Waals surface area contributed by atoms with Gasteiger partial charge >= 0.3 is 0 Å². The number of nitrogens with zero attached hydrogens (tertiary/aromatic N) is 2. The summed E-state index contributed by atoms with van der Waals surface area (Å²) in [5.74, 6) is -0.126. The Kier molecular flexibility index (Phi) is 3.95. The summed E-state index contributed by atoms with van der Waals surface area (Å²) >= 11 is 12.9. The van der Waals surface area contributed by atoms with E-state index in [1.165, 1.54) is 0 Å². The zero-order valence-electron chi connectivity index (χ0n) is 10.7. The van der Waals surface area contributed by atoms with Crippen LogP contribution in [-0.4, -0.2) is 15.4 Å². The first-order valence-electron chi connectivity index (χ1n) is 5.63. The molecule has 19 heavy (non-hydrogen) atoms. The number of rotatable bonds is 2. The minimum absolute atomic E-state index is 0.126. The average Bonchev–Trinajstić information content (AvgIpc) is 2.80. The van der Waals surface area contributed by atoms with Crippen LogP contribution >= 0.6 is 34.7 Å². The van der Waals surface area contributed by atoms with E-state index in [4.69, 9.17) is 23.2 Å². The van der Waals surface area contributed by atoms with Crippen LogP contribution in [0.15, 0.2) is 18.2 Å². The van der Waals surface area contributed by atoms with Crippen LogP contribution < -0.4 is 0 Å². The number of hydrogen-bond donors (Lipinski definition) is 0. The third-order valence-corrected chi connectivity index (χ3v) is 4.05. The lowest BCUT2D eigenvalue weighted by Gasteiger charge is -2.15. The van der Waals surface area contributed by atoms with Crippen LogP contribution in [0.3, 0.4) is 0 Å². The molecule has 0 saturated heterocycles. The summed E-state index contributed by atoms with van der Waals surface area (Å²) < 4.78 is 3.89. The summed E-state index contributed by atoms with van der Waals surface area (Å²) in [6.07, 6.45) is 0. The van der Waals surface area contributed by atoms with E-state index in [1.54, 1.807) is 18.2 Å². The van der Waals surface area contributed by atoms with E-state index in [0.29, 0.717) is 26.2 Å². The normalized spacial score (nSPS) is 11.6. The lowest BCUT2D eigenvalue weighted by molar-refractivity contribution is 0.104. The Labute approximate surface area is 125 Å². The number of ketones is 1. The van der Waals surface area contributed by atoms with Crippen molar-refractivity contribution in [2.75, 3.05) is 0 Å². The molecule has 0 unspecified atom stereocenters. The van der Waals surface area contributed by atoms with Crippen molar-refractivity contribution in [3.63, 3.8) is 0 Å². The Balaban J connectivity index is 2.45. The third kappa shape index (κ3) is 2.96. The summed E-state index contributed by atoms with van der Waals surface area (Å²) in [4.78, 5) is 13.0. The lowest BCUT2D eigenvalue weighted by Crippen LogP contribution is -2.16. The van der Waals surface area contributed by atoms with E-state index < -0.39 is 0 Å². The molecule has 1 aromatic carbocycles. The molecular formula is C13H12Cl2N2OS. The molecule has 0 spiro atoms. The molecule has 0 N–H and O–H groups in total. The number of hydrogen-bond acceptors (Lipinski definition) is 4. The number of aromatic nitrogens is 2. The van der Waals surface area contributed by atoms with Gasteiger partial charge < -0.3 is 0 Å². The van der Waals surface area contributed by atoms with Crippen LogP contribution in [-0.2, 0) is 5.41 Å². The number of carbonyl (C=O) groups is 1. The molecule has 0 amide bonds. The van der Waals surface area contributed by atoms with Crippen LogP contribution in [0.25, 0.3) is 0 Å². The van der Waals surface area contributed by atoms with Crippen molar-refractivity contribution in [3.8, 4) is 0 Å². The monoisotopic (exact) mass is 314 g/mol. The van der Waals surface area contributed by atoms with Crippen molar-refractivity contribution >= 4 is 40.5 Å². The summed E-state index contributed by atoms with van der Waals surface area (Å²) in [6.45, 7) is 5.99. The van der Waals surface area contributed by atoms with Gasteiger partial charge in [-0.15, -0.1) is 5.10 Å². The molecule has 2 rings (SSSR count). The summed E-state index contributed by atoms with van der Waals surface area (Å²) in [6, 6.07) is 4.84. The highest BCUT2D eigenvalue weighted by Crippen LogP contribution is 2.29. The molecule has 0 aliphatic carbocycles. The molecule has 1 aromatic heterocycles. The Morgan fingerprint density at radius 1 is 1.21 bits per heavy atom. The van der Waals surface area contributed by atoms with Gasteiger partial charge in [0.2, 0.25) is 5.78 Å². The topological polar surface area (TPSA) is 42.9 Å². The van der Waals surface area contributed by atoms with Crippen LogP contribution in [0.5, 0.6) is 0 Å². The van der Waals surface area contributed by atoms with Crippen LogP contribution in [0.1, 0.15) is 41.7 Å². The van der Waals surface area contributed by atoms with Crippen LogP contribution in [0.2, 0.25) is 10.0 Å². The molecule has 0 bridgehead atoms. The molecule has 0 saturated carbocycles. The number of carbonyl (C=O) groups excluding carboxylic acids is 1. The first kappa shape index (κ1) is 14.4. The fourth-order valence-corrected chi connectivity index (χ4v) is 2.74. The van der Waals surface area contributed by atoms with Gasteiger partial charge in [0.05, 0.1) is 15.7 Å². The van der Waals surface area contributed by atoms with Gasteiger partial charge in [-0.3, -0.25) is 4.79 Å². The van der Waals surface area contributed by atoms with Crippen molar-refractivity contribution in [1.29, 1.82) is 0 Å². The van der Waals surface area contributed by atoms with Gasteiger partial charge in [0.25, 0.3) is 0 Å². The van der Waals surface area contributed by atoms with Gasteiger partial charge in [0, 0.05) is 11.0 Å². The summed E-state index contributed by atoms with van der Waals surface area (Å²) in [7, 11) is 0. The van der Waals surface area contributed by atoms with Crippen LogP contribution in [0, 0.1) is 0 Å². The van der Waals surface area contributed by atoms with E-state index in [-0.39, 0.29) is 11.2 Å². The lowest BCUT2D eigenvalue weighted by atomic mass is 9.90. The van der Waals surface area contributed by atoms with E-state index in [0.717, 1.165) is 11.5 Å². The standard InChI is InChI=1S/C13H12Cl2N2OS/c1-13(2,3)12-11(19-17-16-12)10(18)7-4-5-8(14)9(15)6-7/h4-6H,1-3H3. The van der Waals surface area contributed by atoms with Crippen molar-refractivity contribution in [2.45, 2.75) is 26.2 Å². The SMILES string of the molecule is CC(C)(C)c1nnsc1C(=O)c1ccc(Cl)c(Cl)c1. The van der Waals surface area contributed by atoms with E-state index in [9.17, 15) is 4.79 Å². The first-order chi connectivity index (χ1) is 8.80. The van der Waals surface area contributed by atoms with Crippen molar-refractivity contribution in [2.24, 2.45) is 0 Å². The highest BCUT2D eigenvalue weighted by molar-refractivity contribution is 7.08. The van der Waals surface area contributed by atoms with Gasteiger partial charge in [0.1, 0.15) is 4.88 Å². The molecule has 0 aliphatic rings. The predicted molar refractivity (Wildman–Crippen MR) is 78.5 cm³/mol. The molecule has 100 valence electrons. The van der Waals surface area contributed by atoms with Crippen LogP contribution in [0.4, 0.5) is 0 Å². The van der Waals surface area contributed by atoms with Gasteiger partial charge in [-0.25, -0.2) is 0 Å². The van der Waals surface area contributed by atoms with Crippen molar-refractivity contribution in [1.82, 2.24) is 9.59 Å². The zero-order valence-corrected chi connectivity index (χ0v) is 13.0. The van der Waals surface area contributed by atoms with Gasteiger partial charge in [-0.05, 0) is 29.7 Å². The fourth-order valence-electron chi connectivity index (χ4n) is 1.60. The molecule has 0 fully saturated rings. The molecule has 0 atom stereocenters. The molecule has 2 aromatic rings. The predicted octanol–water partition coefficient (Wildman–Crippen LogP) is 4.37. The average molecular weight is 315 g/mol. The Bertz CT molecular complexity index is 632. The Morgan fingerprint density at radius 2 is 1.89 bits per heavy atom. The molecule has 0 radical (unpaired) electrons. The molecule has 3 nitrogen and oxygen atoms in total. The second-order valence-electron chi connectivity index (χ2n) is 5.16. The maximum Gasteiger partial charge on any atom is 0.206 e. The van der Waals surface area contributed by atoms with Gasteiger partial charge in [-0.2, -0.15) is 0 Å². The Morgan fingerprint density at radius 3 is 2.47 bits per heavy atom. The van der Waals surface area contributed by atoms with Crippen molar-refractivity contribution in [3.05, 3.63) is 44.4 Å². The largest absolute Gasteiger partial charge is 0.288 e. The molecule has 0 aliphatic heterocycles. The van der Waals surface area contributed by atoms with E-state index in [1.807, 2.05) is 20.8 Å². The minimum atomic E-state index is -0.228. The van der Waals surface area contributed by atoms with E-state index in [2.05, 4.69) is 9.59 Å². The molecule has 6 heteroatoms. The third-order valence-electron chi connectivity index (χ3n) is 2.59.